The van der Waals surface area contributed by atoms with Gasteiger partial charge in [-0.3, -0.25) is 4.79 Å². The Morgan fingerprint density at radius 2 is 1.73 bits per heavy atom. The first kappa shape index (κ1) is 22.4. The fourth-order valence-electron chi connectivity index (χ4n) is 8.72. The number of nitrogens with zero attached hydrogens (tertiary/aromatic N) is 3. The molecule has 0 aliphatic heterocycles. The number of carbonyl (C=O) groups excluding carboxylic acids is 1. The normalized spacial score (nSPS) is 38.0. The fraction of sp³-hybridized carbons (Fsp3) is 0.741. The summed E-state index contributed by atoms with van der Waals surface area (Å²) in [4.78, 5) is 13.4. The molecule has 0 bridgehead atoms. The molecule has 4 aliphatic rings. The minimum Gasteiger partial charge on any atom is -0.297 e. The van der Waals surface area contributed by atoms with E-state index in [9.17, 15) is 4.79 Å². The van der Waals surface area contributed by atoms with Crippen molar-refractivity contribution in [1.82, 2.24) is 15.0 Å². The van der Waals surface area contributed by atoms with E-state index in [4.69, 9.17) is 11.6 Å². The lowest BCUT2D eigenvalue weighted by Gasteiger charge is -2.53. The molecule has 6 heteroatoms. The van der Waals surface area contributed by atoms with Gasteiger partial charge in [0.15, 0.2) is 5.78 Å². The zero-order valence-electron chi connectivity index (χ0n) is 19.7. The van der Waals surface area contributed by atoms with Crippen LogP contribution in [-0.2, 0) is 11.3 Å². The van der Waals surface area contributed by atoms with Crippen LogP contribution in [0.1, 0.15) is 57.8 Å². The molecule has 178 valence electrons. The molecule has 1 heterocycles. The number of Topliss-reactive ketones (excluding diaryl/α,β-unsaturated/α-hetero) is 1. The van der Waals surface area contributed by atoms with Crippen LogP contribution in [0.15, 0.2) is 18.2 Å². The Labute approximate surface area is 206 Å². The van der Waals surface area contributed by atoms with Crippen molar-refractivity contribution in [3.63, 3.8) is 0 Å². The molecule has 4 nitrogen and oxygen atoms in total. The van der Waals surface area contributed by atoms with Crippen LogP contribution in [-0.4, -0.2) is 32.8 Å². The lowest BCUT2D eigenvalue weighted by Crippen LogP contribution is -2.45. The molecule has 4 fully saturated rings. The number of ketones is 1. The predicted molar refractivity (Wildman–Crippen MR) is 135 cm³/mol. The summed E-state index contributed by atoms with van der Waals surface area (Å²) in [5.41, 5.74) is 1.67. The van der Waals surface area contributed by atoms with Crippen LogP contribution in [0.25, 0.3) is 11.0 Å². The highest BCUT2D eigenvalue weighted by Crippen LogP contribution is 2.59. The molecule has 4 saturated carbocycles. The third-order valence-corrected chi connectivity index (χ3v) is 11.0. The van der Waals surface area contributed by atoms with Crippen LogP contribution in [0.3, 0.4) is 0 Å². The highest BCUT2D eigenvalue weighted by molar-refractivity contribution is 7.98. The van der Waals surface area contributed by atoms with Gasteiger partial charge in [0.2, 0.25) is 0 Å². The largest absolute Gasteiger partial charge is 0.297 e. The van der Waals surface area contributed by atoms with Gasteiger partial charge in [0.05, 0.1) is 5.52 Å². The van der Waals surface area contributed by atoms with Gasteiger partial charge in [0.25, 0.3) is 0 Å². The van der Waals surface area contributed by atoms with Crippen molar-refractivity contribution in [2.75, 3.05) is 12.0 Å². The molecule has 0 N–H and O–H groups in total. The van der Waals surface area contributed by atoms with Gasteiger partial charge in [-0.2, -0.15) is 11.8 Å². The molecule has 8 atom stereocenters. The van der Waals surface area contributed by atoms with E-state index >= 15 is 0 Å². The third kappa shape index (κ3) is 4.05. The average molecular weight is 486 g/mol. The quantitative estimate of drug-likeness (QED) is 0.484. The van der Waals surface area contributed by atoms with E-state index in [2.05, 4.69) is 16.6 Å². The SMILES string of the molecule is CSC[C@@H]1CC[C@@H]2[C@H](CC[C@H]3[C@H]2CC[C@H]2[C@H]3CC[C@@H]2C(=O)Cn2nnc3cc(Cl)ccc32)C1. The van der Waals surface area contributed by atoms with Gasteiger partial charge in [-0.1, -0.05) is 16.8 Å². The summed E-state index contributed by atoms with van der Waals surface area (Å²) in [7, 11) is 0. The molecule has 0 saturated heterocycles. The topological polar surface area (TPSA) is 47.8 Å². The van der Waals surface area contributed by atoms with Crippen LogP contribution in [0, 0.1) is 47.3 Å². The van der Waals surface area contributed by atoms with Gasteiger partial charge >= 0.3 is 0 Å². The van der Waals surface area contributed by atoms with Crippen LogP contribution in [0.2, 0.25) is 5.02 Å². The molecule has 1 aromatic heterocycles. The van der Waals surface area contributed by atoms with Crippen molar-refractivity contribution in [1.29, 1.82) is 0 Å². The second-order valence-electron chi connectivity index (χ2n) is 11.4. The Kier molecular flexibility index (Phi) is 6.23. The number of fused-ring (bicyclic) bond motifs is 6. The second-order valence-corrected chi connectivity index (χ2v) is 12.7. The highest BCUT2D eigenvalue weighted by atomic mass is 35.5. The summed E-state index contributed by atoms with van der Waals surface area (Å²) >= 11 is 8.13. The van der Waals surface area contributed by atoms with Gasteiger partial charge in [-0.05, 0) is 129 Å². The number of aromatic nitrogens is 3. The van der Waals surface area contributed by atoms with Gasteiger partial charge in [-0.25, -0.2) is 4.68 Å². The zero-order chi connectivity index (χ0) is 22.5. The number of hydrogen-bond acceptors (Lipinski definition) is 4. The molecule has 4 aliphatic carbocycles. The molecule has 0 unspecified atom stereocenters. The first-order chi connectivity index (χ1) is 16.1. The molecule has 0 spiro atoms. The summed E-state index contributed by atoms with van der Waals surface area (Å²) in [6.07, 6.45) is 14.5. The Balaban J connectivity index is 1.13. The zero-order valence-corrected chi connectivity index (χ0v) is 21.2. The summed E-state index contributed by atoms with van der Waals surface area (Å²) in [6, 6.07) is 5.61. The van der Waals surface area contributed by atoms with Gasteiger partial charge in [0, 0.05) is 10.9 Å². The standard InChI is InChI=1S/C27H36ClN3OS/c1-33-15-16-2-5-19-17(12-16)3-6-21-20(19)7-8-23-22(21)9-10-24(23)27(32)14-31-26-11-4-18(28)13-25(26)29-30-31/h4,11,13,16-17,19-24H,2-3,5-10,12,14-15H2,1H3/t16-,17-,19-,20+,21+,22+,23+,24+/m1/s1. The number of rotatable bonds is 5. The number of thioether (sulfide) groups is 1. The monoisotopic (exact) mass is 485 g/mol. The Morgan fingerprint density at radius 3 is 2.61 bits per heavy atom. The lowest BCUT2D eigenvalue weighted by molar-refractivity contribution is -0.126. The van der Waals surface area contributed by atoms with E-state index in [0.717, 1.165) is 53.0 Å². The van der Waals surface area contributed by atoms with Crippen molar-refractivity contribution in [3.8, 4) is 0 Å². The van der Waals surface area contributed by atoms with Crippen LogP contribution < -0.4 is 0 Å². The highest BCUT2D eigenvalue weighted by Gasteiger charge is 2.52. The van der Waals surface area contributed by atoms with Crippen molar-refractivity contribution in [2.45, 2.75) is 64.3 Å². The average Bonchev–Trinajstić information content (AvgIpc) is 3.43. The summed E-state index contributed by atoms with van der Waals surface area (Å²) in [5.74, 6) is 8.10. The van der Waals surface area contributed by atoms with E-state index in [0.29, 0.717) is 23.3 Å². The van der Waals surface area contributed by atoms with Crippen molar-refractivity contribution in [2.24, 2.45) is 47.3 Å². The van der Waals surface area contributed by atoms with Crippen molar-refractivity contribution in [3.05, 3.63) is 23.2 Å². The lowest BCUT2D eigenvalue weighted by atomic mass is 9.52. The van der Waals surface area contributed by atoms with Gasteiger partial charge < -0.3 is 0 Å². The number of carbonyl (C=O) groups is 1. The van der Waals surface area contributed by atoms with Gasteiger partial charge in [-0.15, -0.1) is 5.10 Å². The minimum atomic E-state index is 0.220. The van der Waals surface area contributed by atoms with Crippen molar-refractivity contribution < 1.29 is 4.79 Å². The molecule has 6 rings (SSSR count). The third-order valence-electron chi connectivity index (χ3n) is 9.98. The molecule has 0 radical (unpaired) electrons. The fourth-order valence-corrected chi connectivity index (χ4v) is 9.66. The molecular weight excluding hydrogens is 450 g/mol. The maximum atomic E-state index is 13.4. The Hall–Kier alpha value is -1.07. The summed E-state index contributed by atoms with van der Waals surface area (Å²) in [6.45, 7) is 0.349. The number of hydrogen-bond donors (Lipinski definition) is 0. The maximum absolute atomic E-state index is 13.4. The second kappa shape index (κ2) is 9.18. The minimum absolute atomic E-state index is 0.220. The molecule has 2 aromatic rings. The first-order valence-electron chi connectivity index (χ1n) is 13.1. The van der Waals surface area contributed by atoms with Crippen LogP contribution in [0.5, 0.6) is 0 Å². The number of benzene rings is 1. The van der Waals surface area contributed by atoms with Crippen molar-refractivity contribution >= 4 is 40.2 Å². The first-order valence-corrected chi connectivity index (χ1v) is 14.9. The Bertz CT molecular complexity index is 1020. The van der Waals surface area contributed by atoms with E-state index in [1.54, 1.807) is 4.68 Å². The van der Waals surface area contributed by atoms with Crippen LogP contribution in [0.4, 0.5) is 0 Å². The number of halogens is 1. The summed E-state index contributed by atoms with van der Waals surface area (Å²) < 4.78 is 1.78. The Morgan fingerprint density at radius 1 is 1.00 bits per heavy atom. The molecule has 1 aromatic carbocycles. The molecular formula is C27H36ClN3OS. The van der Waals surface area contributed by atoms with Crippen LogP contribution >= 0.6 is 23.4 Å². The molecule has 33 heavy (non-hydrogen) atoms. The molecule has 0 amide bonds. The predicted octanol–water partition coefficient (Wildman–Crippen LogP) is 6.51. The maximum Gasteiger partial charge on any atom is 0.157 e. The summed E-state index contributed by atoms with van der Waals surface area (Å²) in [5, 5.41) is 9.15. The van der Waals surface area contributed by atoms with E-state index in [1.165, 1.54) is 57.1 Å². The van der Waals surface area contributed by atoms with Gasteiger partial charge in [0.1, 0.15) is 12.1 Å². The van der Waals surface area contributed by atoms with E-state index < -0.39 is 0 Å². The van der Waals surface area contributed by atoms with E-state index in [1.807, 2.05) is 30.0 Å². The van der Waals surface area contributed by atoms with E-state index in [-0.39, 0.29) is 5.92 Å². The smallest absolute Gasteiger partial charge is 0.157 e.